The molecule has 0 saturated carbocycles. The first-order chi connectivity index (χ1) is 10.6. The van der Waals surface area contributed by atoms with Gasteiger partial charge < -0.3 is 10.1 Å². The third-order valence-electron chi connectivity index (χ3n) is 3.83. The Kier molecular flexibility index (Phi) is 8.97. The zero-order valence-corrected chi connectivity index (χ0v) is 16.0. The number of hydrogen-bond donors (Lipinski definition) is 1. The molecule has 0 unspecified atom stereocenters. The topological polar surface area (TPSA) is 24.5 Å². The van der Waals surface area contributed by atoms with Crippen LogP contribution in [0.25, 0.3) is 0 Å². The number of hydrogen-bond acceptors (Lipinski definition) is 3. The summed E-state index contributed by atoms with van der Waals surface area (Å²) < 4.78 is 55.6. The second-order valence-corrected chi connectivity index (χ2v) is 6.79. The molecule has 1 aromatic rings. The van der Waals surface area contributed by atoms with Crippen LogP contribution in [0.1, 0.15) is 32.4 Å². The molecule has 1 fully saturated rings. The average molecular weight is 407 g/mol. The highest BCUT2D eigenvalue weighted by Crippen LogP contribution is 2.40. The maximum absolute atomic E-state index is 14.4. The molecule has 1 heterocycles. The van der Waals surface area contributed by atoms with Crippen molar-refractivity contribution in [3.05, 3.63) is 29.6 Å². The Morgan fingerprint density at radius 1 is 1.08 bits per heavy atom. The molecule has 3 nitrogen and oxygen atoms in total. The highest BCUT2D eigenvalue weighted by atomic mass is 35.5. The monoisotopic (exact) mass is 406 g/mol. The van der Waals surface area contributed by atoms with Gasteiger partial charge in [0.25, 0.3) is 0 Å². The third kappa shape index (κ3) is 6.81. The number of nitrogens with one attached hydrogen (secondary N) is 1. The van der Waals surface area contributed by atoms with Crippen LogP contribution in [0.15, 0.2) is 18.2 Å². The quantitative estimate of drug-likeness (QED) is 0.744. The zero-order valence-electron chi connectivity index (χ0n) is 14.3. The Bertz CT molecular complexity index is 544. The summed E-state index contributed by atoms with van der Waals surface area (Å²) in [6.45, 7) is 8.83. The Labute approximate surface area is 157 Å². The van der Waals surface area contributed by atoms with E-state index < -0.39 is 17.9 Å². The van der Waals surface area contributed by atoms with E-state index in [1.807, 2.05) is 20.8 Å². The van der Waals surface area contributed by atoms with Gasteiger partial charge in [0.05, 0.1) is 0 Å². The van der Waals surface area contributed by atoms with E-state index >= 15 is 0 Å². The van der Waals surface area contributed by atoms with E-state index in [1.165, 1.54) is 6.07 Å². The molecule has 0 radical (unpaired) electrons. The average Bonchev–Trinajstić information content (AvgIpc) is 2.41. The summed E-state index contributed by atoms with van der Waals surface area (Å²) in [5.41, 5.74) is -0.101. The summed E-state index contributed by atoms with van der Waals surface area (Å²) in [7, 11) is 0. The van der Waals surface area contributed by atoms with Gasteiger partial charge >= 0.3 is 6.36 Å². The van der Waals surface area contributed by atoms with E-state index in [4.69, 9.17) is 0 Å². The maximum Gasteiger partial charge on any atom is 0.573 e. The summed E-state index contributed by atoms with van der Waals surface area (Å²) in [5, 5.41) is 3.22. The van der Waals surface area contributed by atoms with Crippen molar-refractivity contribution < 1.29 is 22.3 Å². The largest absolute Gasteiger partial charge is 0.573 e. The highest BCUT2D eigenvalue weighted by Gasteiger charge is 2.36. The van der Waals surface area contributed by atoms with Gasteiger partial charge in [-0.2, -0.15) is 0 Å². The van der Waals surface area contributed by atoms with Crippen molar-refractivity contribution in [2.24, 2.45) is 5.41 Å². The number of ether oxygens (including phenoxy) is 1. The molecule has 1 saturated heterocycles. The Hall–Kier alpha value is -0.760. The molecule has 1 aliphatic rings. The minimum absolute atomic E-state index is 0. The van der Waals surface area contributed by atoms with Gasteiger partial charge in [0.1, 0.15) is 11.6 Å². The summed E-state index contributed by atoms with van der Waals surface area (Å²) in [4.78, 5) is 2.10. The van der Waals surface area contributed by atoms with Gasteiger partial charge in [0, 0.05) is 37.8 Å². The number of alkyl halides is 3. The maximum atomic E-state index is 14.4. The molecule has 1 aliphatic heterocycles. The lowest BCUT2D eigenvalue weighted by atomic mass is 9.80. The van der Waals surface area contributed by atoms with Crippen LogP contribution in [-0.2, 0) is 0 Å². The fourth-order valence-corrected chi connectivity index (χ4v) is 3.08. The van der Waals surface area contributed by atoms with Crippen molar-refractivity contribution in [1.29, 1.82) is 0 Å². The van der Waals surface area contributed by atoms with Crippen molar-refractivity contribution >= 4 is 24.8 Å². The molecule has 1 aromatic carbocycles. The Balaban J connectivity index is 0.00000288. The Morgan fingerprint density at radius 3 is 2.12 bits per heavy atom. The molecule has 0 spiro atoms. The smallest absolute Gasteiger partial charge is 0.406 e. The van der Waals surface area contributed by atoms with Gasteiger partial charge in [-0.15, -0.1) is 38.0 Å². The van der Waals surface area contributed by atoms with Crippen LogP contribution in [0.4, 0.5) is 17.6 Å². The van der Waals surface area contributed by atoms with E-state index in [-0.39, 0.29) is 41.8 Å². The first kappa shape index (κ1) is 24.2. The zero-order chi connectivity index (χ0) is 17.3. The molecule has 1 N–H and O–H groups in total. The van der Waals surface area contributed by atoms with Crippen LogP contribution in [0.5, 0.6) is 5.75 Å². The SMILES string of the molecule is CC(C)(C)[C@H](c1cc(OC(F)(F)F)ccc1F)N1CCNCC1.Cl.Cl. The fourth-order valence-electron chi connectivity index (χ4n) is 3.08. The van der Waals surface area contributed by atoms with E-state index in [9.17, 15) is 17.6 Å². The number of rotatable bonds is 3. The van der Waals surface area contributed by atoms with Gasteiger partial charge in [0.15, 0.2) is 0 Å². The Morgan fingerprint density at radius 2 is 1.64 bits per heavy atom. The predicted octanol–water partition coefficient (Wildman–Crippen LogP) is 4.56. The van der Waals surface area contributed by atoms with Gasteiger partial charge in [-0.3, -0.25) is 4.90 Å². The lowest BCUT2D eigenvalue weighted by molar-refractivity contribution is -0.274. The molecular weight excluding hydrogens is 383 g/mol. The van der Waals surface area contributed by atoms with Crippen molar-refractivity contribution in [1.82, 2.24) is 10.2 Å². The van der Waals surface area contributed by atoms with Crippen LogP contribution in [0.2, 0.25) is 0 Å². The molecular formula is C16H24Cl2F4N2O. The first-order valence-corrected chi connectivity index (χ1v) is 7.58. The van der Waals surface area contributed by atoms with E-state index in [1.54, 1.807) is 0 Å². The molecule has 2 rings (SSSR count). The summed E-state index contributed by atoms with van der Waals surface area (Å²) >= 11 is 0. The molecule has 9 heteroatoms. The van der Waals surface area contributed by atoms with Crippen LogP contribution in [-0.4, -0.2) is 37.4 Å². The summed E-state index contributed by atoms with van der Waals surface area (Å²) in [5.74, 6) is -0.906. The lowest BCUT2D eigenvalue weighted by Gasteiger charge is -2.42. The number of nitrogens with zero attached hydrogens (tertiary/aromatic N) is 1. The minimum Gasteiger partial charge on any atom is -0.406 e. The summed E-state index contributed by atoms with van der Waals surface area (Å²) in [6.07, 6.45) is -4.79. The standard InChI is InChI=1S/C16H22F4N2O.2ClH/c1-15(2,3)14(22-8-6-21-7-9-22)12-10-11(4-5-13(12)17)23-16(18,19)20;;/h4-5,10,14,21H,6-9H2,1-3H3;2*1H/t14-;;/m0../s1. The fraction of sp³-hybridized carbons (Fsp3) is 0.625. The number of piperazine rings is 1. The molecule has 0 aliphatic carbocycles. The molecule has 146 valence electrons. The van der Waals surface area contributed by atoms with E-state index in [0.29, 0.717) is 13.1 Å². The van der Waals surface area contributed by atoms with Gasteiger partial charge in [0.2, 0.25) is 0 Å². The van der Waals surface area contributed by atoms with Crippen molar-refractivity contribution in [3.8, 4) is 5.75 Å². The van der Waals surface area contributed by atoms with Gasteiger partial charge in [-0.05, 0) is 23.6 Å². The third-order valence-corrected chi connectivity index (χ3v) is 3.83. The number of benzene rings is 1. The van der Waals surface area contributed by atoms with Gasteiger partial charge in [-0.1, -0.05) is 20.8 Å². The van der Waals surface area contributed by atoms with Crippen molar-refractivity contribution in [3.63, 3.8) is 0 Å². The van der Waals surface area contributed by atoms with Crippen LogP contribution < -0.4 is 10.1 Å². The second-order valence-electron chi connectivity index (χ2n) is 6.79. The van der Waals surface area contributed by atoms with Crippen LogP contribution in [0.3, 0.4) is 0 Å². The van der Waals surface area contributed by atoms with Gasteiger partial charge in [-0.25, -0.2) is 4.39 Å². The van der Waals surface area contributed by atoms with E-state index in [0.717, 1.165) is 25.2 Å². The molecule has 1 atom stereocenters. The molecule has 25 heavy (non-hydrogen) atoms. The van der Waals surface area contributed by atoms with Crippen LogP contribution in [0, 0.1) is 11.2 Å². The number of halogens is 6. The molecule has 0 bridgehead atoms. The van der Waals surface area contributed by atoms with Crippen LogP contribution >= 0.6 is 24.8 Å². The van der Waals surface area contributed by atoms with E-state index in [2.05, 4.69) is 15.0 Å². The lowest BCUT2D eigenvalue weighted by Crippen LogP contribution is -2.48. The minimum atomic E-state index is -4.79. The van der Waals surface area contributed by atoms with Crippen molar-refractivity contribution in [2.45, 2.75) is 33.2 Å². The molecule has 0 aromatic heterocycles. The van der Waals surface area contributed by atoms with Crippen molar-refractivity contribution in [2.75, 3.05) is 26.2 Å². The first-order valence-electron chi connectivity index (χ1n) is 7.58. The normalized spacial score (nSPS) is 17.2. The highest BCUT2D eigenvalue weighted by molar-refractivity contribution is 5.85. The summed E-state index contributed by atoms with van der Waals surface area (Å²) in [6, 6.07) is 2.88. The molecule has 0 amide bonds. The predicted molar refractivity (Wildman–Crippen MR) is 94.2 cm³/mol. The second kappa shape index (κ2) is 9.26.